The standard InChI is InChI=1S/C12H13N3O2.BrH/c16-15(17)12-5-3-11(4-6-12)2-1-8-14-9-7-13-10-14;/h3-7,9-10H,1-2,8H2;1H. The third-order valence-corrected chi connectivity index (χ3v) is 2.63. The SMILES string of the molecule is O=[N+]([O-])c1ccc(CCC[n+]2cc[nH]c2)cc1.[Br-]. The number of nitro groups is 1. The van der Waals surface area contributed by atoms with Crippen LogP contribution in [0.25, 0.3) is 0 Å². The Morgan fingerprint density at radius 2 is 2.00 bits per heavy atom. The Bertz CT molecular complexity index is 483. The first-order chi connectivity index (χ1) is 8.25. The molecular weight excluding hydrogens is 298 g/mol. The Morgan fingerprint density at radius 1 is 1.28 bits per heavy atom. The molecule has 0 saturated heterocycles. The maximum atomic E-state index is 10.5. The zero-order valence-corrected chi connectivity index (χ0v) is 11.3. The van der Waals surface area contributed by atoms with Crippen LogP contribution in [0.4, 0.5) is 5.69 Å². The lowest BCUT2D eigenvalue weighted by atomic mass is 10.1. The number of aromatic nitrogens is 2. The topological polar surface area (TPSA) is 62.8 Å². The molecule has 0 aliphatic rings. The zero-order chi connectivity index (χ0) is 12.1. The van der Waals surface area contributed by atoms with Crippen molar-refractivity contribution < 1.29 is 26.5 Å². The number of nitrogens with zero attached hydrogens (tertiary/aromatic N) is 2. The maximum Gasteiger partial charge on any atom is 0.269 e. The van der Waals surface area contributed by atoms with Crippen molar-refractivity contribution in [1.82, 2.24) is 4.98 Å². The summed E-state index contributed by atoms with van der Waals surface area (Å²) in [6.07, 6.45) is 7.72. The molecule has 0 bridgehead atoms. The van der Waals surface area contributed by atoms with Crippen LogP contribution in [-0.2, 0) is 13.0 Å². The first-order valence-electron chi connectivity index (χ1n) is 5.51. The number of benzene rings is 1. The van der Waals surface area contributed by atoms with Gasteiger partial charge in [0.1, 0.15) is 12.4 Å². The Labute approximate surface area is 115 Å². The summed E-state index contributed by atoms with van der Waals surface area (Å²) >= 11 is 0. The van der Waals surface area contributed by atoms with Gasteiger partial charge in [-0.05, 0) is 18.4 Å². The van der Waals surface area contributed by atoms with Gasteiger partial charge in [-0.2, -0.15) is 0 Å². The number of hydrogen-bond donors (Lipinski definition) is 1. The number of H-pyrrole nitrogens is 1. The molecule has 0 aliphatic carbocycles. The van der Waals surface area contributed by atoms with E-state index in [1.54, 1.807) is 12.1 Å². The molecule has 1 aromatic heterocycles. The van der Waals surface area contributed by atoms with Crippen LogP contribution in [-0.4, -0.2) is 9.91 Å². The number of halogens is 1. The van der Waals surface area contributed by atoms with Gasteiger partial charge in [-0.1, -0.05) is 12.1 Å². The quantitative estimate of drug-likeness (QED) is 0.430. The molecule has 0 radical (unpaired) electrons. The maximum absolute atomic E-state index is 10.5. The van der Waals surface area contributed by atoms with Crippen LogP contribution in [0.15, 0.2) is 43.0 Å². The summed E-state index contributed by atoms with van der Waals surface area (Å²) < 4.78 is 2.07. The molecule has 0 atom stereocenters. The first-order valence-corrected chi connectivity index (χ1v) is 5.51. The van der Waals surface area contributed by atoms with Gasteiger partial charge in [0.05, 0.1) is 11.5 Å². The molecule has 2 aromatic rings. The number of nitrogens with one attached hydrogen (secondary N) is 1. The van der Waals surface area contributed by atoms with Crippen LogP contribution >= 0.6 is 0 Å². The molecule has 0 fully saturated rings. The molecule has 0 spiro atoms. The number of aryl methyl sites for hydroxylation is 2. The van der Waals surface area contributed by atoms with Crippen LogP contribution < -0.4 is 21.5 Å². The Kier molecular flexibility index (Phi) is 5.51. The van der Waals surface area contributed by atoms with Gasteiger partial charge < -0.3 is 17.0 Å². The van der Waals surface area contributed by atoms with Gasteiger partial charge in [-0.15, -0.1) is 0 Å². The molecule has 1 aromatic carbocycles. The van der Waals surface area contributed by atoms with E-state index in [9.17, 15) is 10.1 Å². The predicted octanol–water partition coefficient (Wildman–Crippen LogP) is -1.15. The van der Waals surface area contributed by atoms with E-state index in [2.05, 4.69) is 9.55 Å². The Morgan fingerprint density at radius 3 is 2.56 bits per heavy atom. The van der Waals surface area contributed by atoms with E-state index in [1.807, 2.05) is 30.9 Å². The van der Waals surface area contributed by atoms with Gasteiger partial charge in [0.2, 0.25) is 6.33 Å². The lowest BCUT2D eigenvalue weighted by molar-refractivity contribution is -0.696. The molecule has 0 saturated carbocycles. The van der Waals surface area contributed by atoms with E-state index >= 15 is 0 Å². The minimum absolute atomic E-state index is 0. The van der Waals surface area contributed by atoms with Crippen LogP contribution in [0, 0.1) is 10.1 Å². The van der Waals surface area contributed by atoms with Crippen molar-refractivity contribution in [3.05, 3.63) is 58.7 Å². The zero-order valence-electron chi connectivity index (χ0n) is 9.75. The fraction of sp³-hybridized carbons (Fsp3) is 0.250. The second-order valence-electron chi connectivity index (χ2n) is 3.88. The second kappa shape index (κ2) is 6.90. The van der Waals surface area contributed by atoms with E-state index in [-0.39, 0.29) is 27.6 Å². The average Bonchev–Trinajstić information content (AvgIpc) is 2.83. The summed E-state index contributed by atoms with van der Waals surface area (Å²) in [4.78, 5) is 13.1. The van der Waals surface area contributed by atoms with E-state index < -0.39 is 0 Å². The van der Waals surface area contributed by atoms with Crippen molar-refractivity contribution >= 4 is 5.69 Å². The second-order valence-corrected chi connectivity index (χ2v) is 3.88. The third kappa shape index (κ3) is 3.96. The summed E-state index contributed by atoms with van der Waals surface area (Å²) in [5.74, 6) is 0. The number of non-ortho nitro benzene ring substituents is 1. The van der Waals surface area contributed by atoms with Crippen molar-refractivity contribution in [1.29, 1.82) is 0 Å². The monoisotopic (exact) mass is 311 g/mol. The van der Waals surface area contributed by atoms with Crippen molar-refractivity contribution in [3.8, 4) is 0 Å². The van der Waals surface area contributed by atoms with Gasteiger partial charge in [0.25, 0.3) is 5.69 Å². The predicted molar refractivity (Wildman–Crippen MR) is 62.4 cm³/mol. The first kappa shape index (κ1) is 14.4. The van der Waals surface area contributed by atoms with Crippen LogP contribution in [0.2, 0.25) is 0 Å². The lowest BCUT2D eigenvalue weighted by Crippen LogP contribution is -3.00. The van der Waals surface area contributed by atoms with Crippen LogP contribution in [0.1, 0.15) is 12.0 Å². The van der Waals surface area contributed by atoms with Gasteiger partial charge >= 0.3 is 0 Å². The lowest BCUT2D eigenvalue weighted by Gasteiger charge is -1.99. The van der Waals surface area contributed by atoms with Gasteiger partial charge in [0, 0.05) is 12.1 Å². The third-order valence-electron chi connectivity index (χ3n) is 2.63. The van der Waals surface area contributed by atoms with Gasteiger partial charge in [-0.3, -0.25) is 15.1 Å². The van der Waals surface area contributed by atoms with Gasteiger partial charge in [0.15, 0.2) is 0 Å². The fourth-order valence-corrected chi connectivity index (χ4v) is 1.71. The minimum Gasteiger partial charge on any atom is -1.00 e. The number of imidazole rings is 1. The summed E-state index contributed by atoms with van der Waals surface area (Å²) in [5.41, 5.74) is 1.28. The van der Waals surface area contributed by atoms with Crippen molar-refractivity contribution in [3.63, 3.8) is 0 Å². The highest BCUT2D eigenvalue weighted by Crippen LogP contribution is 2.12. The highest BCUT2D eigenvalue weighted by atomic mass is 79.9. The fourth-order valence-electron chi connectivity index (χ4n) is 1.71. The molecule has 1 N–H and O–H groups in total. The molecule has 96 valence electrons. The van der Waals surface area contributed by atoms with E-state index in [0.717, 1.165) is 24.9 Å². The van der Waals surface area contributed by atoms with Gasteiger partial charge in [-0.25, -0.2) is 4.57 Å². The molecule has 0 aliphatic heterocycles. The summed E-state index contributed by atoms with van der Waals surface area (Å²) in [6.45, 7) is 0.945. The largest absolute Gasteiger partial charge is 1.00 e. The highest BCUT2D eigenvalue weighted by molar-refractivity contribution is 5.32. The molecule has 1 heterocycles. The molecule has 6 heteroatoms. The minimum atomic E-state index is -0.376. The highest BCUT2D eigenvalue weighted by Gasteiger charge is 2.04. The molecular formula is C12H14BrN3O2. The molecule has 2 rings (SSSR count). The number of aromatic amines is 1. The molecule has 5 nitrogen and oxygen atoms in total. The summed E-state index contributed by atoms with van der Waals surface area (Å²) in [6, 6.07) is 6.75. The number of hydrogen-bond acceptors (Lipinski definition) is 2. The van der Waals surface area contributed by atoms with Crippen molar-refractivity contribution in [2.75, 3.05) is 0 Å². The van der Waals surface area contributed by atoms with E-state index in [4.69, 9.17) is 0 Å². The molecule has 0 amide bonds. The average molecular weight is 312 g/mol. The van der Waals surface area contributed by atoms with E-state index in [0.29, 0.717) is 0 Å². The summed E-state index contributed by atoms with van der Waals surface area (Å²) in [7, 11) is 0. The van der Waals surface area contributed by atoms with Crippen LogP contribution in [0.3, 0.4) is 0 Å². The van der Waals surface area contributed by atoms with E-state index in [1.165, 1.54) is 0 Å². The molecule has 0 unspecified atom stereocenters. The Balaban J connectivity index is 0.00000162. The van der Waals surface area contributed by atoms with Crippen molar-refractivity contribution in [2.45, 2.75) is 19.4 Å². The smallest absolute Gasteiger partial charge is 0.269 e. The normalized spacial score (nSPS) is 9.78. The summed E-state index contributed by atoms with van der Waals surface area (Å²) in [5, 5.41) is 10.5. The number of nitro benzene ring substituents is 1. The Hall–Kier alpha value is -1.69. The number of rotatable bonds is 5. The van der Waals surface area contributed by atoms with Crippen molar-refractivity contribution in [2.24, 2.45) is 0 Å². The van der Waals surface area contributed by atoms with Crippen LogP contribution in [0.5, 0.6) is 0 Å². The molecule has 18 heavy (non-hydrogen) atoms.